The van der Waals surface area contributed by atoms with Gasteiger partial charge in [-0.3, -0.25) is 0 Å². The first-order valence-corrected chi connectivity index (χ1v) is 6.56. The van der Waals surface area contributed by atoms with Crippen LogP contribution in [0.3, 0.4) is 0 Å². The number of nitrogens with zero attached hydrogens (tertiary/aromatic N) is 2. The number of hydrogen-bond donors (Lipinski definition) is 1. The van der Waals surface area contributed by atoms with Crippen molar-refractivity contribution in [3.63, 3.8) is 0 Å². The van der Waals surface area contributed by atoms with Gasteiger partial charge in [0.1, 0.15) is 11.6 Å². The van der Waals surface area contributed by atoms with Crippen LogP contribution in [0.2, 0.25) is 0 Å². The number of aromatic nitrogens is 2. The van der Waals surface area contributed by atoms with Gasteiger partial charge in [0.05, 0.1) is 7.11 Å². The second kappa shape index (κ2) is 6.38. The zero-order valence-corrected chi connectivity index (χ0v) is 11.7. The number of rotatable bonds is 5. The monoisotopic (exact) mass is 277 g/mol. The van der Waals surface area contributed by atoms with Crippen LogP contribution < -0.4 is 10.1 Å². The average molecular weight is 278 g/mol. The van der Waals surface area contributed by atoms with Crippen LogP contribution >= 0.6 is 11.6 Å². The van der Waals surface area contributed by atoms with Crippen LogP contribution in [0, 0.1) is 6.92 Å². The molecule has 19 heavy (non-hydrogen) atoms. The molecule has 0 aliphatic carbocycles. The minimum absolute atomic E-state index is 0.550. The predicted octanol–water partition coefficient (Wildman–Crippen LogP) is 3.32. The van der Waals surface area contributed by atoms with Gasteiger partial charge in [-0.1, -0.05) is 12.1 Å². The summed E-state index contributed by atoms with van der Waals surface area (Å²) in [6, 6.07) is 9.88. The van der Waals surface area contributed by atoms with E-state index in [-0.39, 0.29) is 0 Å². The van der Waals surface area contributed by atoms with Gasteiger partial charge >= 0.3 is 0 Å². The summed E-state index contributed by atoms with van der Waals surface area (Å²) in [5.74, 6) is 2.57. The van der Waals surface area contributed by atoms with Gasteiger partial charge in [-0.2, -0.15) is 4.98 Å². The summed E-state index contributed by atoms with van der Waals surface area (Å²) in [7, 11) is 1.59. The number of hydrogen-bond acceptors (Lipinski definition) is 4. The van der Waals surface area contributed by atoms with E-state index in [4.69, 9.17) is 16.3 Å². The molecule has 1 aromatic heterocycles. The highest BCUT2D eigenvalue weighted by molar-refractivity contribution is 6.17. The fourth-order valence-electron chi connectivity index (χ4n) is 1.72. The van der Waals surface area contributed by atoms with Gasteiger partial charge in [0.25, 0.3) is 0 Å². The highest BCUT2D eigenvalue weighted by Crippen LogP contribution is 2.19. The quantitative estimate of drug-likeness (QED) is 0.852. The molecule has 0 spiro atoms. The Morgan fingerprint density at radius 2 is 1.95 bits per heavy atom. The van der Waals surface area contributed by atoms with Gasteiger partial charge < -0.3 is 10.1 Å². The Kier molecular flexibility index (Phi) is 4.58. The molecule has 0 bridgehead atoms. The van der Waals surface area contributed by atoms with Gasteiger partial charge in [-0.05, 0) is 31.0 Å². The van der Waals surface area contributed by atoms with Gasteiger partial charge in [-0.25, -0.2) is 4.98 Å². The molecule has 2 aromatic rings. The predicted molar refractivity (Wildman–Crippen MR) is 77.5 cm³/mol. The van der Waals surface area contributed by atoms with Crippen LogP contribution in [-0.2, 0) is 6.42 Å². The number of alkyl halides is 1. The molecular formula is C14H16ClN3O. The lowest BCUT2D eigenvalue weighted by atomic mass is 10.1. The summed E-state index contributed by atoms with van der Waals surface area (Å²) in [6.45, 7) is 1.83. The summed E-state index contributed by atoms with van der Waals surface area (Å²) in [5.41, 5.74) is 2.19. The minimum Gasteiger partial charge on any atom is -0.481 e. The van der Waals surface area contributed by atoms with Gasteiger partial charge in [0, 0.05) is 17.6 Å². The molecule has 5 heteroatoms. The zero-order valence-electron chi connectivity index (χ0n) is 11.0. The Labute approximate surface area is 117 Å². The summed E-state index contributed by atoms with van der Waals surface area (Å²) >= 11 is 5.71. The first-order valence-electron chi connectivity index (χ1n) is 6.03. The third-order valence-electron chi connectivity index (χ3n) is 2.63. The first-order chi connectivity index (χ1) is 9.21. The number of benzene rings is 1. The van der Waals surface area contributed by atoms with E-state index in [0.29, 0.717) is 17.6 Å². The Hall–Kier alpha value is -1.81. The maximum absolute atomic E-state index is 5.71. The van der Waals surface area contributed by atoms with Crippen molar-refractivity contribution in [2.45, 2.75) is 13.3 Å². The van der Waals surface area contributed by atoms with Crippen molar-refractivity contribution >= 4 is 23.1 Å². The molecule has 0 radical (unpaired) electrons. The average Bonchev–Trinajstić information content (AvgIpc) is 2.40. The second-order valence-electron chi connectivity index (χ2n) is 4.10. The lowest BCUT2D eigenvalue weighted by Crippen LogP contribution is -1.99. The number of halogens is 1. The minimum atomic E-state index is 0.550. The topological polar surface area (TPSA) is 47.0 Å². The van der Waals surface area contributed by atoms with Gasteiger partial charge in [-0.15, -0.1) is 11.6 Å². The third kappa shape index (κ3) is 3.83. The molecule has 0 fully saturated rings. The van der Waals surface area contributed by atoms with E-state index in [2.05, 4.69) is 27.4 Å². The van der Waals surface area contributed by atoms with E-state index < -0.39 is 0 Å². The van der Waals surface area contributed by atoms with Crippen molar-refractivity contribution in [3.8, 4) is 5.88 Å². The number of aryl methyl sites for hydroxylation is 2. The van der Waals surface area contributed by atoms with Crippen molar-refractivity contribution in [1.82, 2.24) is 9.97 Å². The summed E-state index contributed by atoms with van der Waals surface area (Å²) in [5, 5.41) is 3.22. The number of nitrogens with one attached hydrogen (secondary N) is 1. The molecule has 0 amide bonds. The van der Waals surface area contributed by atoms with Gasteiger partial charge in [0.15, 0.2) is 0 Å². The molecular weight excluding hydrogens is 262 g/mol. The fourth-order valence-corrected chi connectivity index (χ4v) is 1.94. The van der Waals surface area contributed by atoms with E-state index in [0.717, 1.165) is 17.9 Å². The molecule has 1 N–H and O–H groups in total. The normalized spacial score (nSPS) is 10.3. The lowest BCUT2D eigenvalue weighted by Gasteiger charge is -2.08. The molecule has 2 rings (SSSR count). The zero-order chi connectivity index (χ0) is 13.7. The maximum atomic E-state index is 5.71. The van der Waals surface area contributed by atoms with Crippen LogP contribution in [0.1, 0.15) is 11.4 Å². The molecule has 0 saturated heterocycles. The molecule has 4 nitrogen and oxygen atoms in total. The molecule has 0 atom stereocenters. The Morgan fingerprint density at radius 3 is 2.58 bits per heavy atom. The third-order valence-corrected chi connectivity index (χ3v) is 2.82. The largest absolute Gasteiger partial charge is 0.481 e. The Morgan fingerprint density at radius 1 is 1.21 bits per heavy atom. The van der Waals surface area contributed by atoms with Crippen LogP contribution in [0.15, 0.2) is 30.3 Å². The van der Waals surface area contributed by atoms with Crippen molar-refractivity contribution in [1.29, 1.82) is 0 Å². The number of ether oxygens (including phenoxy) is 1. The van der Waals surface area contributed by atoms with E-state index >= 15 is 0 Å². The standard InChI is InChI=1S/C14H16ClN3O/c1-10-16-13(9-14(17-10)19-2)18-12-5-3-11(4-6-12)7-8-15/h3-6,9H,7-8H2,1-2H3,(H,16,17,18). The fraction of sp³-hybridized carbons (Fsp3) is 0.286. The molecule has 100 valence electrons. The SMILES string of the molecule is COc1cc(Nc2ccc(CCCl)cc2)nc(C)n1. The Bertz CT molecular complexity index is 543. The van der Waals surface area contributed by atoms with Crippen molar-refractivity contribution in [3.05, 3.63) is 41.7 Å². The lowest BCUT2D eigenvalue weighted by molar-refractivity contribution is 0.396. The summed E-state index contributed by atoms with van der Waals surface area (Å²) in [6.07, 6.45) is 0.877. The highest BCUT2D eigenvalue weighted by Gasteiger charge is 2.02. The van der Waals surface area contributed by atoms with Crippen LogP contribution in [0.25, 0.3) is 0 Å². The van der Waals surface area contributed by atoms with Crippen molar-refractivity contribution in [2.75, 3.05) is 18.3 Å². The van der Waals surface area contributed by atoms with Gasteiger partial charge in [0.2, 0.25) is 5.88 Å². The maximum Gasteiger partial charge on any atom is 0.218 e. The van der Waals surface area contributed by atoms with E-state index in [9.17, 15) is 0 Å². The molecule has 0 aliphatic rings. The summed E-state index contributed by atoms with van der Waals surface area (Å²) in [4.78, 5) is 8.46. The van der Waals surface area contributed by atoms with Crippen LogP contribution in [-0.4, -0.2) is 23.0 Å². The molecule has 0 aliphatic heterocycles. The van der Waals surface area contributed by atoms with E-state index in [1.54, 1.807) is 13.2 Å². The molecule has 1 heterocycles. The molecule has 0 unspecified atom stereocenters. The molecule has 0 saturated carbocycles. The second-order valence-corrected chi connectivity index (χ2v) is 4.48. The van der Waals surface area contributed by atoms with Crippen molar-refractivity contribution in [2.24, 2.45) is 0 Å². The van der Waals surface area contributed by atoms with Crippen LogP contribution in [0.4, 0.5) is 11.5 Å². The summed E-state index contributed by atoms with van der Waals surface area (Å²) < 4.78 is 5.12. The van der Waals surface area contributed by atoms with Crippen molar-refractivity contribution < 1.29 is 4.74 Å². The van der Waals surface area contributed by atoms with Crippen LogP contribution in [0.5, 0.6) is 5.88 Å². The van der Waals surface area contributed by atoms with E-state index in [1.165, 1.54) is 5.56 Å². The highest BCUT2D eigenvalue weighted by atomic mass is 35.5. The Balaban J connectivity index is 2.14. The smallest absolute Gasteiger partial charge is 0.218 e. The first kappa shape index (κ1) is 13.6. The number of anilines is 2. The van der Waals surface area contributed by atoms with E-state index in [1.807, 2.05) is 19.1 Å². The number of methoxy groups -OCH3 is 1. The molecule has 1 aromatic carbocycles.